The molecule has 0 N–H and O–H groups in total. The number of carbonyl (C=O) groups is 2. The zero-order valence-electron chi connectivity index (χ0n) is 19.1. The molecule has 1 aliphatic heterocycles. The van der Waals surface area contributed by atoms with Gasteiger partial charge in [-0.15, -0.1) is 0 Å². The van der Waals surface area contributed by atoms with Crippen LogP contribution in [-0.4, -0.2) is 31.8 Å². The van der Waals surface area contributed by atoms with Crippen molar-refractivity contribution in [1.82, 2.24) is 0 Å². The van der Waals surface area contributed by atoms with Gasteiger partial charge in [0, 0.05) is 0 Å². The molecule has 3 aromatic carbocycles. The molecule has 0 fully saturated rings. The van der Waals surface area contributed by atoms with E-state index in [1.807, 2.05) is 61.5 Å². The predicted molar refractivity (Wildman–Crippen MR) is 130 cm³/mol. The first-order valence-corrected chi connectivity index (χ1v) is 10.6. The Balaban J connectivity index is 1.49. The molecule has 0 saturated carbocycles. The second-order valence-corrected chi connectivity index (χ2v) is 7.58. The van der Waals surface area contributed by atoms with Gasteiger partial charge in [-0.25, -0.2) is 4.79 Å². The monoisotopic (exact) mass is 456 g/mol. The molecule has 1 amide bonds. The van der Waals surface area contributed by atoms with Gasteiger partial charge < -0.3 is 14.2 Å². The highest BCUT2D eigenvalue weighted by Gasteiger charge is 2.28. The van der Waals surface area contributed by atoms with Crippen molar-refractivity contribution in [1.29, 1.82) is 0 Å². The molecule has 7 nitrogen and oxygen atoms in total. The van der Waals surface area contributed by atoms with Crippen LogP contribution in [0.4, 0.5) is 5.69 Å². The molecule has 0 unspecified atom stereocenters. The first-order valence-electron chi connectivity index (χ1n) is 10.6. The molecule has 1 heterocycles. The number of hydrogen-bond donors (Lipinski definition) is 0. The normalized spacial score (nSPS) is 14.2. The zero-order chi connectivity index (χ0) is 24.1. The molecule has 172 valence electrons. The summed E-state index contributed by atoms with van der Waals surface area (Å²) < 4.78 is 16.1. The van der Waals surface area contributed by atoms with E-state index in [2.05, 4.69) is 5.10 Å². The largest absolute Gasteiger partial charge is 0.493 e. The summed E-state index contributed by atoms with van der Waals surface area (Å²) in [5, 5.41) is 5.81. The van der Waals surface area contributed by atoms with E-state index in [1.54, 1.807) is 31.4 Å². The Morgan fingerprint density at radius 3 is 2.38 bits per heavy atom. The van der Waals surface area contributed by atoms with Gasteiger partial charge in [-0.1, -0.05) is 36.4 Å². The van der Waals surface area contributed by atoms with E-state index in [0.29, 0.717) is 35.0 Å². The maximum atomic E-state index is 12.9. The topological polar surface area (TPSA) is 77.4 Å². The minimum absolute atomic E-state index is 0.182. The first kappa shape index (κ1) is 22.8. The van der Waals surface area contributed by atoms with Crippen LogP contribution in [0.3, 0.4) is 0 Å². The first-order chi connectivity index (χ1) is 16.5. The average molecular weight is 456 g/mol. The van der Waals surface area contributed by atoms with Crippen LogP contribution in [0.15, 0.2) is 83.5 Å². The van der Waals surface area contributed by atoms with Gasteiger partial charge in [0.15, 0.2) is 11.5 Å². The Labute approximate surface area is 197 Å². The Morgan fingerprint density at radius 1 is 0.971 bits per heavy atom. The predicted octanol–water partition coefficient (Wildman–Crippen LogP) is 4.87. The molecule has 34 heavy (non-hydrogen) atoms. The number of nitrogens with zero attached hydrogens (tertiary/aromatic N) is 2. The second-order valence-electron chi connectivity index (χ2n) is 7.58. The standard InChI is InChI=1S/C27H24N2O5/c1-18-23(26(30)29(28-18)22-7-5-4-6-8-22)15-20-11-14-24(25(16-20)32-2)34-17-19-9-12-21(13-10-19)27(31)33-3/h4-16H,17H2,1-3H3/b23-15-. The number of esters is 1. The highest BCUT2D eigenvalue weighted by atomic mass is 16.5. The molecule has 0 bridgehead atoms. The average Bonchev–Trinajstić information content (AvgIpc) is 3.16. The fourth-order valence-corrected chi connectivity index (χ4v) is 3.50. The summed E-state index contributed by atoms with van der Waals surface area (Å²) in [5.41, 5.74) is 4.04. The van der Waals surface area contributed by atoms with Gasteiger partial charge in [-0.05, 0) is 60.5 Å². The molecule has 0 saturated heterocycles. The number of rotatable bonds is 7. The van der Waals surface area contributed by atoms with Gasteiger partial charge in [0.05, 0.1) is 36.8 Å². The highest BCUT2D eigenvalue weighted by molar-refractivity contribution is 6.32. The number of methoxy groups -OCH3 is 2. The number of anilines is 1. The van der Waals surface area contributed by atoms with E-state index in [9.17, 15) is 9.59 Å². The maximum Gasteiger partial charge on any atom is 0.337 e. The van der Waals surface area contributed by atoms with E-state index in [-0.39, 0.29) is 11.9 Å². The number of hydrogen-bond acceptors (Lipinski definition) is 6. The molecule has 7 heteroatoms. The van der Waals surface area contributed by atoms with Gasteiger partial charge in [-0.2, -0.15) is 10.1 Å². The molecule has 0 spiro atoms. The lowest BCUT2D eigenvalue weighted by molar-refractivity contribution is -0.114. The number of hydrazone groups is 1. The summed E-state index contributed by atoms with van der Waals surface area (Å²) in [5.74, 6) is 0.543. The SMILES string of the molecule is COC(=O)c1ccc(COc2ccc(/C=C3\C(=O)N(c4ccccc4)N=C3C)cc2OC)cc1. The van der Waals surface area contributed by atoms with Crippen LogP contribution in [0.1, 0.15) is 28.4 Å². The fraction of sp³-hybridized carbons (Fsp3) is 0.148. The van der Waals surface area contributed by atoms with Crippen molar-refractivity contribution < 1.29 is 23.8 Å². The molecule has 0 aliphatic carbocycles. The van der Waals surface area contributed by atoms with Crippen LogP contribution in [0, 0.1) is 0 Å². The van der Waals surface area contributed by atoms with E-state index in [0.717, 1.165) is 16.8 Å². The van der Waals surface area contributed by atoms with E-state index < -0.39 is 0 Å². The third-order valence-corrected chi connectivity index (χ3v) is 5.33. The van der Waals surface area contributed by atoms with Gasteiger partial charge in [-0.3, -0.25) is 4.79 Å². The molecule has 0 radical (unpaired) electrons. The summed E-state index contributed by atoms with van der Waals surface area (Å²) in [6.07, 6.45) is 1.79. The molecule has 4 rings (SSSR count). The number of ether oxygens (including phenoxy) is 3. The van der Waals surface area contributed by atoms with Crippen LogP contribution in [0.25, 0.3) is 6.08 Å². The van der Waals surface area contributed by atoms with Crippen molar-refractivity contribution in [3.05, 3.63) is 95.1 Å². The minimum atomic E-state index is -0.383. The van der Waals surface area contributed by atoms with E-state index in [1.165, 1.54) is 12.1 Å². The second kappa shape index (κ2) is 10.0. The van der Waals surface area contributed by atoms with Gasteiger partial charge in [0.2, 0.25) is 0 Å². The molecular formula is C27H24N2O5. The maximum absolute atomic E-state index is 12.9. The summed E-state index contributed by atoms with van der Waals surface area (Å²) >= 11 is 0. The Morgan fingerprint density at radius 2 is 1.71 bits per heavy atom. The lowest BCUT2D eigenvalue weighted by Gasteiger charge is -2.12. The van der Waals surface area contributed by atoms with E-state index in [4.69, 9.17) is 14.2 Å². The van der Waals surface area contributed by atoms with Crippen molar-refractivity contribution in [3.8, 4) is 11.5 Å². The molecule has 0 aromatic heterocycles. The quantitative estimate of drug-likeness (QED) is 0.375. The smallest absolute Gasteiger partial charge is 0.337 e. The van der Waals surface area contributed by atoms with Gasteiger partial charge in [0.25, 0.3) is 5.91 Å². The van der Waals surface area contributed by atoms with Crippen LogP contribution >= 0.6 is 0 Å². The van der Waals surface area contributed by atoms with Crippen LogP contribution in [-0.2, 0) is 16.1 Å². The third kappa shape index (κ3) is 4.83. The summed E-state index contributed by atoms with van der Waals surface area (Å²) in [7, 11) is 2.91. The Hall–Kier alpha value is -4.39. The minimum Gasteiger partial charge on any atom is -0.493 e. The van der Waals surface area contributed by atoms with E-state index >= 15 is 0 Å². The Kier molecular flexibility index (Phi) is 6.73. The van der Waals surface area contributed by atoms with Gasteiger partial charge >= 0.3 is 5.97 Å². The summed E-state index contributed by atoms with van der Waals surface area (Å²) in [4.78, 5) is 24.5. The lowest BCUT2D eigenvalue weighted by Crippen LogP contribution is -2.21. The van der Waals surface area contributed by atoms with Gasteiger partial charge in [0.1, 0.15) is 6.61 Å². The number of para-hydroxylation sites is 1. The third-order valence-electron chi connectivity index (χ3n) is 5.33. The fourth-order valence-electron chi connectivity index (χ4n) is 3.50. The number of carbonyl (C=O) groups excluding carboxylic acids is 2. The van der Waals surface area contributed by atoms with Crippen LogP contribution in [0.5, 0.6) is 11.5 Å². The van der Waals surface area contributed by atoms with Crippen LogP contribution in [0.2, 0.25) is 0 Å². The number of benzene rings is 3. The zero-order valence-corrected chi connectivity index (χ0v) is 19.1. The molecular weight excluding hydrogens is 432 g/mol. The summed E-state index contributed by atoms with van der Waals surface area (Å²) in [6.45, 7) is 2.11. The molecule has 1 aliphatic rings. The molecule has 3 aromatic rings. The van der Waals surface area contributed by atoms with Crippen molar-refractivity contribution in [2.75, 3.05) is 19.2 Å². The lowest BCUT2D eigenvalue weighted by atomic mass is 10.1. The van der Waals surface area contributed by atoms with Crippen molar-refractivity contribution in [3.63, 3.8) is 0 Å². The molecule has 0 atom stereocenters. The number of amides is 1. The van der Waals surface area contributed by atoms with Crippen molar-refractivity contribution >= 4 is 29.4 Å². The van der Waals surface area contributed by atoms with Crippen LogP contribution < -0.4 is 14.5 Å². The summed E-state index contributed by atoms with van der Waals surface area (Å²) in [6, 6.07) is 21.8. The van der Waals surface area contributed by atoms with Crippen molar-refractivity contribution in [2.45, 2.75) is 13.5 Å². The van der Waals surface area contributed by atoms with Crippen molar-refractivity contribution in [2.24, 2.45) is 5.10 Å². The Bertz CT molecular complexity index is 1260. The highest BCUT2D eigenvalue weighted by Crippen LogP contribution is 2.31.